The van der Waals surface area contributed by atoms with Crippen LogP contribution in [0.5, 0.6) is 0 Å². The van der Waals surface area contributed by atoms with Gasteiger partial charge in [0.25, 0.3) is 0 Å². The standard InChI is InChI=1S/C11H11F4NO4S/c1-7(8-3-2-4-9(12)5-8)19-6-10(16)20-21(17,18)11(13,14)15/h2-4,6,9H,1,5,16H2/b10-6+. The van der Waals surface area contributed by atoms with Crippen molar-refractivity contribution in [1.82, 2.24) is 0 Å². The molecule has 21 heavy (non-hydrogen) atoms. The van der Waals surface area contributed by atoms with Crippen molar-refractivity contribution in [2.75, 3.05) is 0 Å². The van der Waals surface area contributed by atoms with Crippen molar-refractivity contribution < 1.29 is 34.9 Å². The minimum absolute atomic E-state index is 0.0369. The molecule has 1 aliphatic rings. The van der Waals surface area contributed by atoms with Crippen molar-refractivity contribution in [3.8, 4) is 0 Å². The second-order valence-corrected chi connectivity index (χ2v) is 5.38. The van der Waals surface area contributed by atoms with E-state index in [0.29, 0.717) is 11.8 Å². The van der Waals surface area contributed by atoms with E-state index in [9.17, 15) is 26.0 Å². The van der Waals surface area contributed by atoms with Crippen LogP contribution in [0.4, 0.5) is 17.6 Å². The van der Waals surface area contributed by atoms with Gasteiger partial charge in [0.2, 0.25) is 5.88 Å². The van der Waals surface area contributed by atoms with E-state index in [1.165, 1.54) is 18.2 Å². The molecule has 0 amide bonds. The molecule has 0 aromatic carbocycles. The van der Waals surface area contributed by atoms with Crippen LogP contribution in [0.3, 0.4) is 0 Å². The smallest absolute Gasteiger partial charge is 0.460 e. The average Bonchev–Trinajstić information content (AvgIpc) is 2.34. The second kappa shape index (κ2) is 6.20. The second-order valence-electron chi connectivity index (χ2n) is 3.84. The highest BCUT2D eigenvalue weighted by molar-refractivity contribution is 7.87. The highest BCUT2D eigenvalue weighted by Gasteiger charge is 2.48. The first-order valence-electron chi connectivity index (χ1n) is 5.36. The largest absolute Gasteiger partial charge is 0.534 e. The van der Waals surface area contributed by atoms with Gasteiger partial charge in [-0.3, -0.25) is 0 Å². The maximum atomic E-state index is 13.1. The van der Waals surface area contributed by atoms with Gasteiger partial charge in [-0.15, -0.1) is 0 Å². The molecular weight excluding hydrogens is 318 g/mol. The molecule has 1 rings (SSSR count). The summed E-state index contributed by atoms with van der Waals surface area (Å²) in [5.41, 5.74) is -0.322. The Hall–Kier alpha value is -1.97. The van der Waals surface area contributed by atoms with E-state index < -0.39 is 27.7 Å². The van der Waals surface area contributed by atoms with Gasteiger partial charge >= 0.3 is 15.6 Å². The summed E-state index contributed by atoms with van der Waals surface area (Å²) in [5.74, 6) is -1.24. The summed E-state index contributed by atoms with van der Waals surface area (Å²) >= 11 is 0. The van der Waals surface area contributed by atoms with Gasteiger partial charge in [-0.2, -0.15) is 21.6 Å². The van der Waals surface area contributed by atoms with Crippen LogP contribution in [-0.2, 0) is 19.0 Å². The summed E-state index contributed by atoms with van der Waals surface area (Å²) in [6.07, 6.45) is 3.34. The third-order valence-electron chi connectivity index (χ3n) is 2.20. The molecule has 1 unspecified atom stereocenters. The Bertz CT molecular complexity index is 604. The molecule has 0 fully saturated rings. The molecule has 118 valence electrons. The summed E-state index contributed by atoms with van der Waals surface area (Å²) in [7, 11) is -5.87. The monoisotopic (exact) mass is 329 g/mol. The number of halogens is 4. The first-order chi connectivity index (χ1) is 9.53. The van der Waals surface area contributed by atoms with Crippen LogP contribution in [0.25, 0.3) is 0 Å². The van der Waals surface area contributed by atoms with Crippen LogP contribution in [-0.4, -0.2) is 20.1 Å². The molecule has 1 aliphatic carbocycles. The lowest BCUT2D eigenvalue weighted by molar-refractivity contribution is -0.0523. The van der Waals surface area contributed by atoms with E-state index in [0.717, 1.165) is 0 Å². The number of allylic oxidation sites excluding steroid dienone is 4. The first-order valence-corrected chi connectivity index (χ1v) is 6.77. The topological polar surface area (TPSA) is 78.6 Å². The zero-order chi connectivity index (χ0) is 16.3. The molecule has 0 bridgehead atoms. The van der Waals surface area contributed by atoms with Crippen LogP contribution >= 0.6 is 0 Å². The van der Waals surface area contributed by atoms with Crippen molar-refractivity contribution in [2.45, 2.75) is 18.1 Å². The molecule has 0 aromatic rings. The van der Waals surface area contributed by atoms with Crippen LogP contribution in [0.15, 0.2) is 48.3 Å². The normalized spacial score (nSPS) is 19.9. The minimum Gasteiger partial charge on any atom is -0.460 e. The summed E-state index contributed by atoms with van der Waals surface area (Å²) in [4.78, 5) is 0. The van der Waals surface area contributed by atoms with E-state index in [1.807, 2.05) is 0 Å². The van der Waals surface area contributed by atoms with Gasteiger partial charge in [0.15, 0.2) is 6.26 Å². The van der Waals surface area contributed by atoms with Crippen molar-refractivity contribution in [3.05, 3.63) is 48.3 Å². The molecule has 0 heterocycles. The highest BCUT2D eigenvalue weighted by atomic mass is 32.2. The predicted molar refractivity (Wildman–Crippen MR) is 65.3 cm³/mol. The molecule has 2 N–H and O–H groups in total. The zero-order valence-corrected chi connectivity index (χ0v) is 11.2. The van der Waals surface area contributed by atoms with Gasteiger partial charge in [0, 0.05) is 6.42 Å². The molecule has 0 saturated carbocycles. The Morgan fingerprint density at radius 3 is 2.62 bits per heavy atom. The Balaban J connectivity index is 2.67. The molecule has 5 nitrogen and oxygen atoms in total. The number of nitrogens with two attached hydrogens (primary N) is 1. The zero-order valence-electron chi connectivity index (χ0n) is 10.4. The van der Waals surface area contributed by atoms with Crippen LogP contribution in [0.2, 0.25) is 0 Å². The van der Waals surface area contributed by atoms with E-state index in [2.05, 4.69) is 10.8 Å². The molecule has 0 aliphatic heterocycles. The van der Waals surface area contributed by atoms with Gasteiger partial charge in [0.05, 0.1) is 0 Å². The van der Waals surface area contributed by atoms with E-state index in [-0.39, 0.29) is 12.2 Å². The molecular formula is C11H11F4NO4S. The number of hydrogen-bond acceptors (Lipinski definition) is 5. The molecule has 0 saturated heterocycles. The third kappa shape index (κ3) is 4.81. The maximum absolute atomic E-state index is 13.1. The number of alkyl halides is 4. The van der Waals surface area contributed by atoms with Gasteiger partial charge < -0.3 is 14.7 Å². The van der Waals surface area contributed by atoms with Crippen molar-refractivity contribution >= 4 is 10.1 Å². The highest BCUT2D eigenvalue weighted by Crippen LogP contribution is 2.26. The Morgan fingerprint density at radius 1 is 1.48 bits per heavy atom. The molecule has 0 spiro atoms. The lowest BCUT2D eigenvalue weighted by atomic mass is 10.0. The van der Waals surface area contributed by atoms with Gasteiger partial charge in [-0.05, 0) is 5.57 Å². The number of rotatable bonds is 5. The van der Waals surface area contributed by atoms with Gasteiger partial charge in [-0.1, -0.05) is 24.8 Å². The summed E-state index contributed by atoms with van der Waals surface area (Å²) < 4.78 is 78.7. The molecule has 0 aromatic heterocycles. The van der Waals surface area contributed by atoms with Crippen molar-refractivity contribution in [1.29, 1.82) is 0 Å². The fourth-order valence-corrected chi connectivity index (χ4v) is 1.63. The maximum Gasteiger partial charge on any atom is 0.534 e. The van der Waals surface area contributed by atoms with E-state index in [4.69, 9.17) is 10.5 Å². The SMILES string of the molecule is C=C(O/C=C(\N)OS(=O)(=O)C(F)(F)F)C1=CC=CC(F)C1. The summed E-state index contributed by atoms with van der Waals surface area (Å²) in [6, 6.07) is 0. The molecule has 10 heteroatoms. The van der Waals surface area contributed by atoms with Crippen molar-refractivity contribution in [3.63, 3.8) is 0 Å². The lowest BCUT2D eigenvalue weighted by Crippen LogP contribution is -2.27. The lowest BCUT2D eigenvalue weighted by Gasteiger charge is -2.14. The predicted octanol–water partition coefficient (Wildman–Crippen LogP) is 2.36. The average molecular weight is 329 g/mol. The third-order valence-corrected chi connectivity index (χ3v) is 3.18. The molecule has 1 atom stereocenters. The van der Waals surface area contributed by atoms with E-state index in [1.54, 1.807) is 0 Å². The Kier molecular flexibility index (Phi) is 5.05. The van der Waals surface area contributed by atoms with Gasteiger partial charge in [0.1, 0.15) is 11.9 Å². The van der Waals surface area contributed by atoms with Crippen molar-refractivity contribution in [2.24, 2.45) is 5.73 Å². The molecule has 0 radical (unpaired) electrons. The first kappa shape index (κ1) is 17.1. The summed E-state index contributed by atoms with van der Waals surface area (Å²) in [6.45, 7) is 3.41. The fourth-order valence-electron chi connectivity index (χ4n) is 1.24. The Morgan fingerprint density at radius 2 is 2.10 bits per heavy atom. The number of hydrogen-bond donors (Lipinski definition) is 1. The number of ether oxygens (including phenoxy) is 1. The van der Waals surface area contributed by atoms with Crippen LogP contribution < -0.4 is 5.73 Å². The van der Waals surface area contributed by atoms with Crippen LogP contribution in [0, 0.1) is 0 Å². The Labute approximate surface area is 118 Å². The van der Waals surface area contributed by atoms with Crippen LogP contribution in [0.1, 0.15) is 6.42 Å². The van der Waals surface area contributed by atoms with E-state index >= 15 is 0 Å². The fraction of sp³-hybridized carbons (Fsp3) is 0.273. The minimum atomic E-state index is -5.87. The quantitative estimate of drug-likeness (QED) is 0.363. The summed E-state index contributed by atoms with van der Waals surface area (Å²) in [5, 5.41) is 0. The van der Waals surface area contributed by atoms with Gasteiger partial charge in [-0.25, -0.2) is 4.39 Å².